The normalized spacial score (nSPS) is 12.2. The number of rotatable bonds is 4. The third kappa shape index (κ3) is 3.45. The van der Waals surface area contributed by atoms with E-state index in [2.05, 4.69) is 0 Å². The fourth-order valence-electron chi connectivity index (χ4n) is 1.75. The number of ether oxygens (including phenoxy) is 1. The lowest BCUT2D eigenvalue weighted by atomic mass is 10.1. The van der Waals surface area contributed by atoms with Crippen molar-refractivity contribution in [3.63, 3.8) is 0 Å². The molecule has 3 nitrogen and oxygen atoms in total. The second-order valence-corrected chi connectivity index (χ2v) is 4.32. The second-order valence-electron chi connectivity index (χ2n) is 4.32. The van der Waals surface area contributed by atoms with Crippen LogP contribution in [0.15, 0.2) is 42.5 Å². The first-order valence-corrected chi connectivity index (χ1v) is 5.94. The van der Waals surface area contributed by atoms with Gasteiger partial charge in [-0.15, -0.1) is 0 Å². The van der Waals surface area contributed by atoms with Crippen LogP contribution < -0.4 is 4.74 Å². The highest BCUT2D eigenvalue weighted by Gasteiger charge is 2.09. The van der Waals surface area contributed by atoms with E-state index in [4.69, 9.17) is 4.74 Å². The molecule has 2 aromatic rings. The van der Waals surface area contributed by atoms with Crippen LogP contribution in [0.1, 0.15) is 24.2 Å². The van der Waals surface area contributed by atoms with Crippen molar-refractivity contribution in [1.29, 1.82) is 0 Å². The van der Waals surface area contributed by atoms with E-state index in [0.717, 1.165) is 5.56 Å². The average Bonchev–Trinajstić information content (AvgIpc) is 2.36. The Hall–Kier alpha value is -2.07. The van der Waals surface area contributed by atoms with Crippen LogP contribution in [0.4, 0.5) is 4.39 Å². The molecule has 4 heteroatoms. The van der Waals surface area contributed by atoms with Crippen molar-refractivity contribution in [3.8, 4) is 11.5 Å². The van der Waals surface area contributed by atoms with Gasteiger partial charge in [0.05, 0.1) is 6.10 Å². The molecule has 0 aliphatic heterocycles. The summed E-state index contributed by atoms with van der Waals surface area (Å²) in [5.74, 6) is 0.0467. The molecule has 0 radical (unpaired) electrons. The number of aliphatic hydroxyl groups is 1. The zero-order valence-electron chi connectivity index (χ0n) is 10.5. The maximum atomic E-state index is 13.6. The standard InChI is InChI=1S/C15H15FO3/c1-10(17)14-6-5-13(8-15(14)16)19-9-11-3-2-4-12(18)7-11/h2-8,10,17-18H,9H2,1H3. The minimum absolute atomic E-state index is 0.164. The predicted octanol–water partition coefficient (Wildman–Crippen LogP) is 3.16. The zero-order valence-corrected chi connectivity index (χ0v) is 10.5. The SMILES string of the molecule is CC(O)c1ccc(OCc2cccc(O)c2)cc1F. The van der Waals surface area contributed by atoms with Crippen LogP contribution in [0.25, 0.3) is 0 Å². The summed E-state index contributed by atoms with van der Waals surface area (Å²) in [7, 11) is 0. The summed E-state index contributed by atoms with van der Waals surface area (Å²) in [6, 6.07) is 11.0. The van der Waals surface area contributed by atoms with Gasteiger partial charge in [-0.2, -0.15) is 0 Å². The van der Waals surface area contributed by atoms with Crippen molar-refractivity contribution in [1.82, 2.24) is 0 Å². The molecule has 0 saturated heterocycles. The van der Waals surface area contributed by atoms with Gasteiger partial charge in [0.1, 0.15) is 23.9 Å². The number of phenols is 1. The molecule has 0 aromatic heterocycles. The third-order valence-electron chi connectivity index (χ3n) is 2.74. The Kier molecular flexibility index (Phi) is 4.02. The molecule has 0 fully saturated rings. The Bertz CT molecular complexity index is 567. The van der Waals surface area contributed by atoms with Crippen molar-refractivity contribution in [3.05, 3.63) is 59.4 Å². The largest absolute Gasteiger partial charge is 0.508 e. The summed E-state index contributed by atoms with van der Waals surface area (Å²) < 4.78 is 19.0. The van der Waals surface area contributed by atoms with Crippen LogP contribution in [-0.4, -0.2) is 10.2 Å². The molecule has 2 N–H and O–H groups in total. The molecule has 0 spiro atoms. The van der Waals surface area contributed by atoms with Gasteiger partial charge in [-0.1, -0.05) is 12.1 Å². The van der Waals surface area contributed by atoms with Crippen molar-refractivity contribution in [2.75, 3.05) is 0 Å². The monoisotopic (exact) mass is 262 g/mol. The van der Waals surface area contributed by atoms with E-state index in [1.807, 2.05) is 0 Å². The molecule has 1 unspecified atom stereocenters. The Balaban J connectivity index is 2.06. The summed E-state index contributed by atoms with van der Waals surface area (Å²) in [6.45, 7) is 1.74. The zero-order chi connectivity index (χ0) is 13.8. The van der Waals surface area contributed by atoms with Gasteiger partial charge in [-0.3, -0.25) is 0 Å². The Morgan fingerprint density at radius 2 is 2.00 bits per heavy atom. The van der Waals surface area contributed by atoms with E-state index < -0.39 is 11.9 Å². The van der Waals surface area contributed by atoms with E-state index in [0.29, 0.717) is 5.75 Å². The van der Waals surface area contributed by atoms with Gasteiger partial charge >= 0.3 is 0 Å². The Labute approximate surface area is 110 Å². The van der Waals surface area contributed by atoms with Crippen molar-refractivity contribution >= 4 is 0 Å². The van der Waals surface area contributed by atoms with Crippen molar-refractivity contribution in [2.45, 2.75) is 19.6 Å². The summed E-state index contributed by atoms with van der Waals surface area (Å²) in [6.07, 6.45) is -0.847. The number of hydrogen-bond donors (Lipinski definition) is 2. The molecule has 2 aromatic carbocycles. The fourth-order valence-corrected chi connectivity index (χ4v) is 1.75. The van der Waals surface area contributed by atoms with Crippen molar-refractivity contribution < 1.29 is 19.3 Å². The lowest BCUT2D eigenvalue weighted by Crippen LogP contribution is -1.99. The van der Waals surface area contributed by atoms with Crippen LogP contribution in [0.3, 0.4) is 0 Å². The molecule has 0 aliphatic carbocycles. The molecule has 0 saturated carbocycles. The molecule has 0 bridgehead atoms. The average molecular weight is 262 g/mol. The van der Waals surface area contributed by atoms with E-state index in [1.165, 1.54) is 19.1 Å². The molecular formula is C15H15FO3. The van der Waals surface area contributed by atoms with E-state index >= 15 is 0 Å². The van der Waals surface area contributed by atoms with Gasteiger partial charge in [-0.05, 0) is 36.8 Å². The van der Waals surface area contributed by atoms with Crippen molar-refractivity contribution in [2.24, 2.45) is 0 Å². The lowest BCUT2D eigenvalue weighted by Gasteiger charge is -2.10. The lowest BCUT2D eigenvalue weighted by molar-refractivity contribution is 0.194. The second kappa shape index (κ2) is 5.71. The summed E-state index contributed by atoms with van der Waals surface area (Å²) in [5, 5.41) is 18.6. The van der Waals surface area contributed by atoms with E-state index in [-0.39, 0.29) is 17.9 Å². The van der Waals surface area contributed by atoms with Gasteiger partial charge in [0, 0.05) is 11.6 Å². The van der Waals surface area contributed by atoms with Gasteiger partial charge in [0.15, 0.2) is 0 Å². The van der Waals surface area contributed by atoms with Crippen LogP contribution in [0.2, 0.25) is 0 Å². The van der Waals surface area contributed by atoms with Crippen LogP contribution in [-0.2, 0) is 6.61 Å². The van der Waals surface area contributed by atoms with Crippen LogP contribution in [0.5, 0.6) is 11.5 Å². The third-order valence-corrected chi connectivity index (χ3v) is 2.74. The molecular weight excluding hydrogens is 247 g/mol. The highest BCUT2D eigenvalue weighted by Crippen LogP contribution is 2.22. The maximum Gasteiger partial charge on any atom is 0.132 e. The highest BCUT2D eigenvalue weighted by molar-refractivity contribution is 5.31. The van der Waals surface area contributed by atoms with Crippen LogP contribution in [0, 0.1) is 5.82 Å². The number of benzene rings is 2. The first-order chi connectivity index (χ1) is 9.06. The number of phenolic OH excluding ortho intramolecular Hbond substituents is 1. The fraction of sp³-hybridized carbons (Fsp3) is 0.200. The summed E-state index contributed by atoms with van der Waals surface area (Å²) in [5.41, 5.74) is 1.03. The number of aliphatic hydroxyl groups excluding tert-OH is 1. The highest BCUT2D eigenvalue weighted by atomic mass is 19.1. The number of hydrogen-bond acceptors (Lipinski definition) is 3. The number of halogens is 1. The molecule has 1 atom stereocenters. The molecule has 100 valence electrons. The minimum atomic E-state index is -0.847. The topological polar surface area (TPSA) is 49.7 Å². The molecule has 0 heterocycles. The quantitative estimate of drug-likeness (QED) is 0.889. The van der Waals surface area contributed by atoms with Gasteiger partial charge in [-0.25, -0.2) is 4.39 Å². The van der Waals surface area contributed by atoms with E-state index in [1.54, 1.807) is 30.3 Å². The smallest absolute Gasteiger partial charge is 0.132 e. The van der Waals surface area contributed by atoms with E-state index in [9.17, 15) is 14.6 Å². The molecule has 2 rings (SSSR count). The predicted molar refractivity (Wildman–Crippen MR) is 69.5 cm³/mol. The minimum Gasteiger partial charge on any atom is -0.508 e. The maximum absolute atomic E-state index is 13.6. The molecule has 19 heavy (non-hydrogen) atoms. The van der Waals surface area contributed by atoms with Gasteiger partial charge in [0.2, 0.25) is 0 Å². The Morgan fingerprint density at radius 3 is 2.63 bits per heavy atom. The Morgan fingerprint density at radius 1 is 1.21 bits per heavy atom. The van der Waals surface area contributed by atoms with Gasteiger partial charge in [0.25, 0.3) is 0 Å². The molecule has 0 amide bonds. The first-order valence-electron chi connectivity index (χ1n) is 5.94. The summed E-state index contributed by atoms with van der Waals surface area (Å²) >= 11 is 0. The van der Waals surface area contributed by atoms with Gasteiger partial charge < -0.3 is 14.9 Å². The summed E-state index contributed by atoms with van der Waals surface area (Å²) in [4.78, 5) is 0. The first kappa shape index (κ1) is 13.4. The number of aromatic hydroxyl groups is 1. The molecule has 0 aliphatic rings. The van der Waals surface area contributed by atoms with Crippen LogP contribution >= 0.6 is 0 Å².